The van der Waals surface area contributed by atoms with E-state index in [1.54, 1.807) is 6.92 Å². The second-order valence-corrected chi connectivity index (χ2v) is 7.14. The van der Waals surface area contributed by atoms with Gasteiger partial charge in [0.1, 0.15) is 11.5 Å². The summed E-state index contributed by atoms with van der Waals surface area (Å²) in [6.45, 7) is 6.13. The van der Waals surface area contributed by atoms with Gasteiger partial charge in [0.05, 0.1) is 12.3 Å². The SMILES string of the molecule is CCOc1ccc(-c2nc(CSc3nc(C)c(CCO)c(=O)[nH]3)c(C)o2)cc1. The van der Waals surface area contributed by atoms with Crippen molar-refractivity contribution in [3.05, 3.63) is 57.3 Å². The number of aromatic nitrogens is 3. The number of oxazole rings is 1. The highest BCUT2D eigenvalue weighted by molar-refractivity contribution is 7.98. The summed E-state index contributed by atoms with van der Waals surface area (Å²) in [6, 6.07) is 7.60. The molecule has 8 heteroatoms. The molecule has 0 amide bonds. The lowest BCUT2D eigenvalue weighted by Gasteiger charge is -2.05. The molecule has 0 unspecified atom stereocenters. The normalized spacial score (nSPS) is 11.0. The number of aliphatic hydroxyl groups is 1. The van der Waals surface area contributed by atoms with Gasteiger partial charge in [-0.1, -0.05) is 11.8 Å². The van der Waals surface area contributed by atoms with E-state index < -0.39 is 0 Å². The Bertz CT molecular complexity index is 996. The maximum Gasteiger partial charge on any atom is 0.255 e. The molecule has 3 rings (SSSR count). The van der Waals surface area contributed by atoms with Crippen molar-refractivity contribution in [2.75, 3.05) is 13.2 Å². The maximum atomic E-state index is 12.1. The summed E-state index contributed by atoms with van der Waals surface area (Å²) in [7, 11) is 0. The van der Waals surface area contributed by atoms with Crippen LogP contribution in [0.15, 0.2) is 38.6 Å². The molecule has 0 aliphatic heterocycles. The fraction of sp³-hybridized carbons (Fsp3) is 0.350. The molecular weight excluding hydrogens is 378 g/mol. The average Bonchev–Trinajstić information content (AvgIpc) is 3.04. The second-order valence-electron chi connectivity index (χ2n) is 6.18. The quantitative estimate of drug-likeness (QED) is 0.441. The van der Waals surface area contributed by atoms with Gasteiger partial charge < -0.3 is 19.2 Å². The number of nitrogens with zero attached hydrogens (tertiary/aromatic N) is 2. The average molecular weight is 401 g/mol. The highest BCUT2D eigenvalue weighted by Gasteiger charge is 2.14. The van der Waals surface area contributed by atoms with Gasteiger partial charge >= 0.3 is 0 Å². The van der Waals surface area contributed by atoms with Crippen LogP contribution in [0.2, 0.25) is 0 Å². The molecule has 0 saturated heterocycles. The van der Waals surface area contributed by atoms with E-state index >= 15 is 0 Å². The van der Waals surface area contributed by atoms with Crippen LogP contribution in [0, 0.1) is 13.8 Å². The third-order valence-electron chi connectivity index (χ3n) is 4.21. The van der Waals surface area contributed by atoms with Gasteiger partial charge in [0.2, 0.25) is 5.89 Å². The zero-order valence-electron chi connectivity index (χ0n) is 16.1. The van der Waals surface area contributed by atoms with Crippen molar-refractivity contribution in [3.63, 3.8) is 0 Å². The molecule has 0 fully saturated rings. The molecule has 148 valence electrons. The third-order valence-corrected chi connectivity index (χ3v) is 5.10. The molecule has 0 spiro atoms. The third kappa shape index (κ3) is 4.63. The smallest absolute Gasteiger partial charge is 0.255 e. The van der Waals surface area contributed by atoms with Crippen LogP contribution in [0.25, 0.3) is 11.5 Å². The van der Waals surface area contributed by atoms with Crippen molar-refractivity contribution in [1.29, 1.82) is 0 Å². The summed E-state index contributed by atoms with van der Waals surface area (Å²) >= 11 is 1.39. The van der Waals surface area contributed by atoms with Gasteiger partial charge in [0, 0.05) is 35.6 Å². The summed E-state index contributed by atoms with van der Waals surface area (Å²) in [5.41, 5.74) is 2.61. The highest BCUT2D eigenvalue weighted by atomic mass is 32.2. The Morgan fingerprint density at radius 1 is 1.21 bits per heavy atom. The zero-order valence-corrected chi connectivity index (χ0v) is 16.9. The summed E-state index contributed by atoms with van der Waals surface area (Å²) in [6.07, 6.45) is 0.299. The van der Waals surface area contributed by atoms with E-state index in [0.717, 1.165) is 22.8 Å². The predicted octanol–water partition coefficient (Wildman–Crippen LogP) is 3.27. The lowest BCUT2D eigenvalue weighted by Crippen LogP contribution is -2.18. The van der Waals surface area contributed by atoms with Crippen LogP contribution < -0.4 is 10.3 Å². The molecule has 0 saturated carbocycles. The highest BCUT2D eigenvalue weighted by Crippen LogP contribution is 2.27. The molecular formula is C20H23N3O4S. The number of thioether (sulfide) groups is 1. The Balaban J connectivity index is 1.73. The van der Waals surface area contributed by atoms with Crippen molar-refractivity contribution < 1.29 is 14.3 Å². The van der Waals surface area contributed by atoms with E-state index in [1.165, 1.54) is 11.8 Å². The first-order chi connectivity index (χ1) is 13.5. The number of aliphatic hydroxyl groups excluding tert-OH is 1. The number of aryl methyl sites for hydroxylation is 2. The number of benzene rings is 1. The minimum Gasteiger partial charge on any atom is -0.494 e. The molecule has 3 aromatic rings. The number of rotatable bonds is 8. The molecule has 2 heterocycles. The Hall–Kier alpha value is -2.58. The first-order valence-corrected chi connectivity index (χ1v) is 10.0. The molecule has 0 atom stereocenters. The lowest BCUT2D eigenvalue weighted by molar-refractivity contribution is 0.298. The molecule has 0 aliphatic rings. The van der Waals surface area contributed by atoms with Crippen LogP contribution in [0.1, 0.15) is 29.6 Å². The fourth-order valence-electron chi connectivity index (χ4n) is 2.74. The van der Waals surface area contributed by atoms with Gasteiger partial charge in [-0.3, -0.25) is 4.79 Å². The standard InChI is InChI=1S/C20H23N3O4S/c1-4-26-15-7-5-14(6-8-15)19-22-17(13(3)27-19)11-28-20-21-12(2)16(9-10-24)18(25)23-20/h5-8,24H,4,9-11H2,1-3H3,(H,21,23,25). The van der Waals surface area contributed by atoms with Crippen molar-refractivity contribution in [1.82, 2.24) is 15.0 Å². The predicted molar refractivity (Wildman–Crippen MR) is 108 cm³/mol. The molecule has 0 radical (unpaired) electrons. The van der Waals surface area contributed by atoms with Crippen LogP contribution in [-0.2, 0) is 12.2 Å². The van der Waals surface area contributed by atoms with E-state index in [0.29, 0.717) is 41.1 Å². The van der Waals surface area contributed by atoms with Crippen LogP contribution in [0.4, 0.5) is 0 Å². The van der Waals surface area contributed by atoms with Gasteiger partial charge in [-0.25, -0.2) is 9.97 Å². The van der Waals surface area contributed by atoms with Crippen LogP contribution in [-0.4, -0.2) is 33.3 Å². The molecule has 0 aliphatic carbocycles. The number of ether oxygens (including phenoxy) is 1. The minimum atomic E-state index is -0.212. The molecule has 0 bridgehead atoms. The molecule has 7 nitrogen and oxygen atoms in total. The largest absolute Gasteiger partial charge is 0.494 e. The number of hydrogen-bond acceptors (Lipinski definition) is 7. The number of hydrogen-bond donors (Lipinski definition) is 2. The van der Waals surface area contributed by atoms with Crippen LogP contribution in [0.3, 0.4) is 0 Å². The van der Waals surface area contributed by atoms with E-state index in [4.69, 9.17) is 14.3 Å². The number of H-pyrrole nitrogens is 1. The van der Waals surface area contributed by atoms with Crippen molar-refractivity contribution in [2.45, 2.75) is 38.1 Å². The van der Waals surface area contributed by atoms with Gasteiger partial charge in [-0.2, -0.15) is 0 Å². The first kappa shape index (κ1) is 20.2. The van der Waals surface area contributed by atoms with Crippen molar-refractivity contribution in [3.8, 4) is 17.2 Å². The minimum absolute atomic E-state index is 0.0788. The first-order valence-electron chi connectivity index (χ1n) is 9.04. The van der Waals surface area contributed by atoms with Gasteiger partial charge in [-0.05, 0) is 45.0 Å². The van der Waals surface area contributed by atoms with E-state index in [-0.39, 0.29) is 12.2 Å². The van der Waals surface area contributed by atoms with Crippen molar-refractivity contribution >= 4 is 11.8 Å². The van der Waals surface area contributed by atoms with Gasteiger partial charge in [0.25, 0.3) is 5.56 Å². The number of aromatic amines is 1. The molecule has 2 N–H and O–H groups in total. The Labute approximate surface area is 167 Å². The van der Waals surface area contributed by atoms with Gasteiger partial charge in [0.15, 0.2) is 5.16 Å². The van der Waals surface area contributed by atoms with Crippen molar-refractivity contribution in [2.24, 2.45) is 0 Å². The fourth-order valence-corrected chi connectivity index (χ4v) is 3.65. The molecule has 1 aromatic carbocycles. The second kappa shape index (κ2) is 9.07. The van der Waals surface area contributed by atoms with Gasteiger partial charge in [-0.15, -0.1) is 0 Å². The zero-order chi connectivity index (χ0) is 20.1. The molecule has 2 aromatic heterocycles. The monoisotopic (exact) mass is 401 g/mol. The van der Waals surface area contributed by atoms with Crippen LogP contribution in [0.5, 0.6) is 5.75 Å². The topological polar surface area (TPSA) is 101 Å². The lowest BCUT2D eigenvalue weighted by atomic mass is 10.2. The Morgan fingerprint density at radius 3 is 2.61 bits per heavy atom. The summed E-state index contributed by atoms with van der Waals surface area (Å²) in [5.74, 6) is 2.61. The Morgan fingerprint density at radius 2 is 1.96 bits per heavy atom. The maximum absolute atomic E-state index is 12.1. The summed E-state index contributed by atoms with van der Waals surface area (Å²) in [5, 5.41) is 9.57. The summed E-state index contributed by atoms with van der Waals surface area (Å²) in [4.78, 5) is 23.9. The van der Waals surface area contributed by atoms with E-state index in [2.05, 4.69) is 15.0 Å². The Kier molecular flexibility index (Phi) is 6.53. The number of nitrogens with one attached hydrogen (secondary N) is 1. The van der Waals surface area contributed by atoms with E-state index in [9.17, 15) is 4.79 Å². The van der Waals surface area contributed by atoms with E-state index in [1.807, 2.05) is 38.1 Å². The molecule has 28 heavy (non-hydrogen) atoms. The van der Waals surface area contributed by atoms with Crippen LogP contribution >= 0.6 is 11.8 Å². The summed E-state index contributed by atoms with van der Waals surface area (Å²) < 4.78 is 11.3.